The summed E-state index contributed by atoms with van der Waals surface area (Å²) in [6.45, 7) is 4.15. The van der Waals surface area contributed by atoms with Gasteiger partial charge < -0.3 is 5.32 Å². The summed E-state index contributed by atoms with van der Waals surface area (Å²) in [4.78, 5) is 19.3. The number of aromatic nitrogens is 2. The minimum atomic E-state index is 0.00904. The Morgan fingerprint density at radius 3 is 2.80 bits per heavy atom. The third-order valence-electron chi connectivity index (χ3n) is 2.71. The Hall–Kier alpha value is -1.16. The van der Waals surface area contributed by atoms with E-state index in [1.807, 2.05) is 0 Å². The molecule has 1 aromatic heterocycles. The number of hydrogen-bond acceptors (Lipinski definition) is 3. The molecule has 1 fully saturated rings. The van der Waals surface area contributed by atoms with Crippen LogP contribution in [-0.2, 0) is 4.79 Å². The summed E-state index contributed by atoms with van der Waals surface area (Å²) >= 11 is 5.68. The highest BCUT2D eigenvalue weighted by Gasteiger charge is 2.50. The SMILES string of the molecule is CC1(C)CC1C(=O)Nc1cc(Cl)ncn1. The smallest absolute Gasteiger partial charge is 0.229 e. The third kappa shape index (κ3) is 2.26. The second-order valence-electron chi connectivity index (χ2n) is 4.46. The molecule has 0 bridgehead atoms. The lowest BCUT2D eigenvalue weighted by atomic mass is 10.1. The minimum Gasteiger partial charge on any atom is -0.310 e. The molecule has 0 aliphatic heterocycles. The molecule has 1 atom stereocenters. The van der Waals surface area contributed by atoms with E-state index in [4.69, 9.17) is 11.6 Å². The van der Waals surface area contributed by atoms with Crippen molar-refractivity contribution in [3.05, 3.63) is 17.5 Å². The molecular weight excluding hydrogens is 214 g/mol. The Bertz CT molecular complexity index is 405. The van der Waals surface area contributed by atoms with E-state index in [1.54, 1.807) is 0 Å². The van der Waals surface area contributed by atoms with Gasteiger partial charge in [-0.2, -0.15) is 0 Å². The standard InChI is InChI=1S/C10H12ClN3O/c1-10(2)4-6(10)9(15)14-8-3-7(11)12-5-13-8/h3,5-6H,4H2,1-2H3,(H,12,13,14,15). The van der Waals surface area contributed by atoms with E-state index >= 15 is 0 Å². The first-order valence-corrected chi connectivity index (χ1v) is 5.15. The van der Waals surface area contributed by atoms with Gasteiger partial charge in [0.2, 0.25) is 5.91 Å². The molecule has 1 aliphatic carbocycles. The largest absolute Gasteiger partial charge is 0.310 e. The number of hydrogen-bond donors (Lipinski definition) is 1. The van der Waals surface area contributed by atoms with Gasteiger partial charge in [-0.15, -0.1) is 0 Å². The molecule has 0 aromatic carbocycles. The molecule has 15 heavy (non-hydrogen) atoms. The fraction of sp³-hybridized carbons (Fsp3) is 0.500. The van der Waals surface area contributed by atoms with Crippen molar-refractivity contribution in [1.82, 2.24) is 9.97 Å². The molecule has 1 amide bonds. The molecule has 2 rings (SSSR count). The first-order chi connectivity index (χ1) is 6.99. The molecule has 0 spiro atoms. The zero-order chi connectivity index (χ0) is 11.1. The van der Waals surface area contributed by atoms with E-state index in [-0.39, 0.29) is 17.2 Å². The van der Waals surface area contributed by atoms with Crippen molar-refractivity contribution in [3.8, 4) is 0 Å². The van der Waals surface area contributed by atoms with Crippen molar-refractivity contribution in [2.75, 3.05) is 5.32 Å². The minimum absolute atomic E-state index is 0.00904. The van der Waals surface area contributed by atoms with Crippen LogP contribution in [0.3, 0.4) is 0 Å². The number of anilines is 1. The molecular formula is C10H12ClN3O. The zero-order valence-electron chi connectivity index (χ0n) is 8.62. The fourth-order valence-electron chi connectivity index (χ4n) is 1.53. The molecule has 1 heterocycles. The summed E-state index contributed by atoms with van der Waals surface area (Å²) in [6, 6.07) is 1.54. The molecule has 5 heteroatoms. The number of nitrogens with one attached hydrogen (secondary N) is 1. The van der Waals surface area contributed by atoms with Gasteiger partial charge in [-0.1, -0.05) is 25.4 Å². The van der Waals surface area contributed by atoms with E-state index in [0.717, 1.165) is 6.42 Å². The third-order valence-corrected chi connectivity index (χ3v) is 2.92. The van der Waals surface area contributed by atoms with Crippen molar-refractivity contribution in [1.29, 1.82) is 0 Å². The number of amides is 1. The van der Waals surface area contributed by atoms with Crippen LogP contribution in [0.4, 0.5) is 5.82 Å². The van der Waals surface area contributed by atoms with Crippen LogP contribution in [0, 0.1) is 11.3 Å². The number of rotatable bonds is 2. The van der Waals surface area contributed by atoms with Crippen molar-refractivity contribution < 1.29 is 4.79 Å². The van der Waals surface area contributed by atoms with Gasteiger partial charge in [0.15, 0.2) is 0 Å². The van der Waals surface area contributed by atoms with Crippen LogP contribution in [0.2, 0.25) is 5.15 Å². The maximum atomic E-state index is 11.7. The number of carbonyl (C=O) groups is 1. The van der Waals surface area contributed by atoms with Crippen LogP contribution in [0.5, 0.6) is 0 Å². The van der Waals surface area contributed by atoms with Gasteiger partial charge in [-0.3, -0.25) is 4.79 Å². The monoisotopic (exact) mass is 225 g/mol. The summed E-state index contributed by atoms with van der Waals surface area (Å²) in [5.41, 5.74) is 0.126. The topological polar surface area (TPSA) is 54.9 Å². The van der Waals surface area contributed by atoms with Crippen molar-refractivity contribution in [2.45, 2.75) is 20.3 Å². The van der Waals surface area contributed by atoms with Crippen LogP contribution >= 0.6 is 11.6 Å². The summed E-state index contributed by atoms with van der Waals surface area (Å²) in [7, 11) is 0. The lowest BCUT2D eigenvalue weighted by Crippen LogP contribution is -2.17. The first kappa shape index (κ1) is 10.4. The van der Waals surface area contributed by atoms with Crippen LogP contribution in [-0.4, -0.2) is 15.9 Å². The van der Waals surface area contributed by atoms with E-state index in [0.29, 0.717) is 11.0 Å². The van der Waals surface area contributed by atoms with Crippen molar-refractivity contribution >= 4 is 23.3 Å². The predicted octanol–water partition coefficient (Wildman–Crippen LogP) is 2.11. The molecule has 1 N–H and O–H groups in total. The highest BCUT2D eigenvalue weighted by Crippen LogP contribution is 2.51. The van der Waals surface area contributed by atoms with Crippen LogP contribution in [0.15, 0.2) is 12.4 Å². The summed E-state index contributed by atoms with van der Waals surface area (Å²) in [5.74, 6) is 0.559. The van der Waals surface area contributed by atoms with Crippen molar-refractivity contribution in [2.24, 2.45) is 11.3 Å². The molecule has 0 saturated heterocycles. The van der Waals surface area contributed by atoms with Gasteiger partial charge in [0.05, 0.1) is 0 Å². The summed E-state index contributed by atoms with van der Waals surface area (Å²) in [5, 5.41) is 3.05. The molecule has 0 radical (unpaired) electrons. The van der Waals surface area contributed by atoms with Crippen molar-refractivity contribution in [3.63, 3.8) is 0 Å². The number of carbonyl (C=O) groups excluding carboxylic acids is 1. The highest BCUT2D eigenvalue weighted by atomic mass is 35.5. The van der Waals surface area contributed by atoms with Gasteiger partial charge in [-0.25, -0.2) is 9.97 Å². The second-order valence-corrected chi connectivity index (χ2v) is 4.85. The van der Waals surface area contributed by atoms with E-state index < -0.39 is 0 Å². The summed E-state index contributed by atoms with van der Waals surface area (Å²) < 4.78 is 0. The molecule has 1 aliphatic rings. The average Bonchev–Trinajstić information content (AvgIpc) is 2.75. The van der Waals surface area contributed by atoms with E-state index in [9.17, 15) is 4.79 Å². The molecule has 1 saturated carbocycles. The molecule has 4 nitrogen and oxygen atoms in total. The normalized spacial score (nSPS) is 22.2. The first-order valence-electron chi connectivity index (χ1n) is 4.77. The molecule has 80 valence electrons. The maximum absolute atomic E-state index is 11.7. The Morgan fingerprint density at radius 2 is 2.27 bits per heavy atom. The molecule has 1 aromatic rings. The van der Waals surface area contributed by atoms with Crippen LogP contribution in [0.25, 0.3) is 0 Å². The van der Waals surface area contributed by atoms with Gasteiger partial charge in [-0.05, 0) is 11.8 Å². The molecule has 1 unspecified atom stereocenters. The lowest BCUT2D eigenvalue weighted by Gasteiger charge is -2.05. The Balaban J connectivity index is 2.01. The predicted molar refractivity (Wildman–Crippen MR) is 57.6 cm³/mol. The fourth-order valence-corrected chi connectivity index (χ4v) is 1.68. The van der Waals surface area contributed by atoms with Gasteiger partial charge in [0.1, 0.15) is 17.3 Å². The van der Waals surface area contributed by atoms with E-state index in [2.05, 4.69) is 29.1 Å². The maximum Gasteiger partial charge on any atom is 0.229 e. The zero-order valence-corrected chi connectivity index (χ0v) is 9.38. The lowest BCUT2D eigenvalue weighted by molar-refractivity contribution is -0.118. The van der Waals surface area contributed by atoms with Crippen LogP contribution < -0.4 is 5.32 Å². The quantitative estimate of drug-likeness (QED) is 0.785. The number of nitrogens with zero attached hydrogens (tertiary/aromatic N) is 2. The van der Waals surface area contributed by atoms with Crippen LogP contribution in [0.1, 0.15) is 20.3 Å². The van der Waals surface area contributed by atoms with Gasteiger partial charge >= 0.3 is 0 Å². The Morgan fingerprint density at radius 1 is 1.60 bits per heavy atom. The Kier molecular flexibility index (Phi) is 2.38. The highest BCUT2D eigenvalue weighted by molar-refractivity contribution is 6.29. The Labute approximate surface area is 93.1 Å². The van der Waals surface area contributed by atoms with E-state index in [1.165, 1.54) is 12.4 Å². The number of halogens is 1. The summed E-state index contributed by atoms with van der Waals surface area (Å²) in [6.07, 6.45) is 2.26. The second kappa shape index (κ2) is 3.45. The van der Waals surface area contributed by atoms with Gasteiger partial charge in [0.25, 0.3) is 0 Å². The van der Waals surface area contributed by atoms with Gasteiger partial charge in [0, 0.05) is 12.0 Å². The average molecular weight is 226 g/mol.